The second kappa shape index (κ2) is 10.5. The van der Waals surface area contributed by atoms with Crippen LogP contribution in [0.25, 0.3) is 0 Å². The Balaban J connectivity index is 2.28. The lowest BCUT2D eigenvalue weighted by Gasteiger charge is -2.29. The van der Waals surface area contributed by atoms with Crippen molar-refractivity contribution in [2.24, 2.45) is 0 Å². The molecule has 0 aliphatic carbocycles. The van der Waals surface area contributed by atoms with Crippen molar-refractivity contribution >= 4 is 35.0 Å². The minimum Gasteiger partial charge on any atom is -0.354 e. The van der Waals surface area contributed by atoms with Crippen LogP contribution in [-0.2, 0) is 22.6 Å². The van der Waals surface area contributed by atoms with Crippen molar-refractivity contribution in [1.29, 1.82) is 0 Å². The van der Waals surface area contributed by atoms with Crippen LogP contribution in [0, 0.1) is 6.92 Å². The van der Waals surface area contributed by atoms with E-state index in [0.717, 1.165) is 17.5 Å². The first-order chi connectivity index (χ1) is 13.3. The van der Waals surface area contributed by atoms with Gasteiger partial charge in [0.15, 0.2) is 0 Å². The van der Waals surface area contributed by atoms with Crippen molar-refractivity contribution in [2.75, 3.05) is 6.54 Å². The van der Waals surface area contributed by atoms with Gasteiger partial charge in [0.25, 0.3) is 0 Å². The van der Waals surface area contributed by atoms with Gasteiger partial charge in [-0.25, -0.2) is 0 Å². The zero-order valence-electron chi connectivity index (χ0n) is 16.5. The van der Waals surface area contributed by atoms with Crippen molar-refractivity contribution in [3.8, 4) is 0 Å². The number of carbonyl (C=O) groups is 2. The molecule has 2 aromatic carbocycles. The van der Waals surface area contributed by atoms with Gasteiger partial charge in [0.05, 0.1) is 6.42 Å². The van der Waals surface area contributed by atoms with E-state index in [1.54, 1.807) is 30.0 Å². The van der Waals surface area contributed by atoms with Gasteiger partial charge in [-0.15, -0.1) is 0 Å². The predicted molar refractivity (Wildman–Crippen MR) is 115 cm³/mol. The summed E-state index contributed by atoms with van der Waals surface area (Å²) >= 11 is 12.5. The van der Waals surface area contributed by atoms with Crippen LogP contribution in [0.3, 0.4) is 0 Å². The second-order valence-corrected chi connectivity index (χ2v) is 7.67. The summed E-state index contributed by atoms with van der Waals surface area (Å²) in [4.78, 5) is 27.3. The van der Waals surface area contributed by atoms with Crippen LogP contribution in [-0.4, -0.2) is 29.3 Å². The van der Waals surface area contributed by atoms with Gasteiger partial charge < -0.3 is 10.2 Å². The number of rotatable bonds is 8. The average molecular weight is 421 g/mol. The summed E-state index contributed by atoms with van der Waals surface area (Å²) in [7, 11) is 0. The molecule has 6 heteroatoms. The third-order valence-corrected chi connectivity index (χ3v) is 5.25. The number of benzene rings is 2. The molecule has 28 heavy (non-hydrogen) atoms. The van der Waals surface area contributed by atoms with Crippen molar-refractivity contribution < 1.29 is 9.59 Å². The predicted octanol–water partition coefficient (Wildman–Crippen LogP) is 4.79. The lowest BCUT2D eigenvalue weighted by atomic mass is 10.1. The zero-order chi connectivity index (χ0) is 20.7. The number of carbonyl (C=O) groups excluding carboxylic acids is 2. The topological polar surface area (TPSA) is 49.4 Å². The van der Waals surface area contributed by atoms with Gasteiger partial charge in [0, 0.05) is 23.1 Å². The second-order valence-electron chi connectivity index (χ2n) is 6.85. The van der Waals surface area contributed by atoms with Crippen LogP contribution in [0.5, 0.6) is 0 Å². The molecule has 0 aromatic heterocycles. The first-order valence-electron chi connectivity index (χ1n) is 9.39. The maximum absolute atomic E-state index is 13.2. The number of halogens is 2. The molecule has 0 heterocycles. The number of nitrogens with one attached hydrogen (secondary N) is 1. The summed E-state index contributed by atoms with van der Waals surface area (Å²) in [6.45, 7) is 6.64. The van der Waals surface area contributed by atoms with Crippen molar-refractivity contribution in [3.05, 3.63) is 69.2 Å². The lowest BCUT2D eigenvalue weighted by molar-refractivity contribution is -0.140. The molecule has 0 spiro atoms. The van der Waals surface area contributed by atoms with E-state index in [0.29, 0.717) is 28.7 Å². The fourth-order valence-electron chi connectivity index (χ4n) is 2.94. The minimum absolute atomic E-state index is 0.0374. The highest BCUT2D eigenvalue weighted by molar-refractivity contribution is 6.36. The summed E-state index contributed by atoms with van der Waals surface area (Å²) in [5.74, 6) is -0.372. The molecule has 0 fully saturated rings. The van der Waals surface area contributed by atoms with E-state index in [-0.39, 0.29) is 18.2 Å². The number of nitrogens with zero attached hydrogens (tertiary/aromatic N) is 1. The van der Waals surface area contributed by atoms with Crippen LogP contribution in [0.1, 0.15) is 37.0 Å². The van der Waals surface area contributed by atoms with Crippen LogP contribution in [0.2, 0.25) is 10.0 Å². The van der Waals surface area contributed by atoms with Gasteiger partial charge in [-0.3, -0.25) is 9.59 Å². The largest absolute Gasteiger partial charge is 0.354 e. The van der Waals surface area contributed by atoms with E-state index in [1.165, 1.54) is 0 Å². The lowest BCUT2D eigenvalue weighted by Crippen LogP contribution is -2.48. The van der Waals surface area contributed by atoms with E-state index >= 15 is 0 Å². The van der Waals surface area contributed by atoms with E-state index in [4.69, 9.17) is 23.2 Å². The van der Waals surface area contributed by atoms with Gasteiger partial charge in [-0.2, -0.15) is 0 Å². The van der Waals surface area contributed by atoms with Crippen LogP contribution in [0.4, 0.5) is 0 Å². The Morgan fingerprint density at radius 1 is 1.11 bits per heavy atom. The SMILES string of the molecule is CCCNC(=O)[C@H](C)N(Cc1cccc(C)c1)C(=O)Cc1c(Cl)cccc1Cl. The minimum atomic E-state index is -0.610. The summed E-state index contributed by atoms with van der Waals surface area (Å²) < 4.78 is 0. The number of amides is 2. The summed E-state index contributed by atoms with van der Waals surface area (Å²) in [6.07, 6.45) is 0.870. The molecule has 0 bridgehead atoms. The van der Waals surface area contributed by atoms with Crippen molar-refractivity contribution in [2.45, 2.75) is 46.2 Å². The van der Waals surface area contributed by atoms with Crippen LogP contribution < -0.4 is 5.32 Å². The highest BCUT2D eigenvalue weighted by Crippen LogP contribution is 2.26. The molecular formula is C22H26Cl2N2O2. The van der Waals surface area contributed by atoms with Crippen molar-refractivity contribution in [1.82, 2.24) is 10.2 Å². The molecule has 2 rings (SSSR count). The van der Waals surface area contributed by atoms with E-state index in [9.17, 15) is 9.59 Å². The van der Waals surface area contributed by atoms with E-state index < -0.39 is 6.04 Å². The maximum Gasteiger partial charge on any atom is 0.242 e. The smallest absolute Gasteiger partial charge is 0.242 e. The van der Waals surface area contributed by atoms with E-state index in [1.807, 2.05) is 38.1 Å². The fourth-order valence-corrected chi connectivity index (χ4v) is 3.47. The molecule has 0 aliphatic heterocycles. The molecule has 0 saturated heterocycles. The van der Waals surface area contributed by atoms with Crippen LogP contribution >= 0.6 is 23.2 Å². The molecule has 0 aliphatic rings. The third kappa shape index (κ3) is 5.98. The summed E-state index contributed by atoms with van der Waals surface area (Å²) in [5.41, 5.74) is 2.64. The summed E-state index contributed by atoms with van der Waals surface area (Å²) in [6, 6.07) is 12.4. The normalized spacial score (nSPS) is 11.8. The van der Waals surface area contributed by atoms with Gasteiger partial charge in [0.1, 0.15) is 6.04 Å². The molecule has 0 unspecified atom stereocenters. The molecule has 4 nitrogen and oxygen atoms in total. The first kappa shape index (κ1) is 22.3. The third-order valence-electron chi connectivity index (χ3n) is 4.54. The highest BCUT2D eigenvalue weighted by Gasteiger charge is 2.27. The molecular weight excluding hydrogens is 395 g/mol. The Bertz CT molecular complexity index is 819. The average Bonchev–Trinajstić information content (AvgIpc) is 2.66. The van der Waals surface area contributed by atoms with Gasteiger partial charge in [-0.05, 0) is 43.5 Å². The molecule has 2 aromatic rings. The fraction of sp³-hybridized carbons (Fsp3) is 0.364. The van der Waals surface area contributed by atoms with Crippen LogP contribution in [0.15, 0.2) is 42.5 Å². The molecule has 1 atom stereocenters. The maximum atomic E-state index is 13.2. The number of hydrogen-bond donors (Lipinski definition) is 1. The quantitative estimate of drug-likeness (QED) is 0.667. The Morgan fingerprint density at radius 2 is 1.75 bits per heavy atom. The molecule has 150 valence electrons. The van der Waals surface area contributed by atoms with Gasteiger partial charge in [0.2, 0.25) is 11.8 Å². The van der Waals surface area contributed by atoms with E-state index in [2.05, 4.69) is 5.32 Å². The zero-order valence-corrected chi connectivity index (χ0v) is 18.0. The van der Waals surface area contributed by atoms with Gasteiger partial charge in [-0.1, -0.05) is 66.0 Å². The number of aryl methyl sites for hydroxylation is 1. The van der Waals surface area contributed by atoms with Crippen molar-refractivity contribution in [3.63, 3.8) is 0 Å². The monoisotopic (exact) mass is 420 g/mol. The Morgan fingerprint density at radius 3 is 2.36 bits per heavy atom. The highest BCUT2D eigenvalue weighted by atomic mass is 35.5. The Labute approximate surface area is 176 Å². The molecule has 1 N–H and O–H groups in total. The molecule has 0 radical (unpaired) electrons. The first-order valence-corrected chi connectivity index (χ1v) is 10.1. The molecule has 0 saturated carbocycles. The standard InChI is InChI=1S/C22H26Cl2N2O2/c1-4-11-25-22(28)16(3)26(14-17-8-5-7-15(2)12-17)21(27)13-18-19(23)9-6-10-20(18)24/h5-10,12,16H,4,11,13-14H2,1-3H3,(H,25,28)/t16-/m0/s1. The molecule has 2 amide bonds. The Hall–Kier alpha value is -2.04. The number of hydrogen-bond acceptors (Lipinski definition) is 2. The Kier molecular flexibility index (Phi) is 8.34. The van der Waals surface area contributed by atoms with Gasteiger partial charge >= 0.3 is 0 Å². The summed E-state index contributed by atoms with van der Waals surface area (Å²) in [5, 5.41) is 3.75.